The van der Waals surface area contributed by atoms with E-state index in [1.807, 2.05) is 0 Å². The summed E-state index contributed by atoms with van der Waals surface area (Å²) in [7, 11) is 0. The average molecular weight is 278 g/mol. The van der Waals surface area contributed by atoms with Gasteiger partial charge in [0.05, 0.1) is 16.4 Å². The summed E-state index contributed by atoms with van der Waals surface area (Å²) in [6.07, 6.45) is 3.64. The highest BCUT2D eigenvalue weighted by Gasteiger charge is 2.30. The zero-order chi connectivity index (χ0) is 13.4. The van der Waals surface area contributed by atoms with E-state index < -0.39 is 0 Å². The van der Waals surface area contributed by atoms with Crippen LogP contribution in [0.2, 0.25) is 5.02 Å². The van der Waals surface area contributed by atoms with Crippen LogP contribution in [0.5, 0.6) is 0 Å². The molecule has 0 unspecified atom stereocenters. The first-order chi connectivity index (χ1) is 9.15. The van der Waals surface area contributed by atoms with Gasteiger partial charge >= 0.3 is 0 Å². The predicted molar refractivity (Wildman–Crippen MR) is 72.2 cm³/mol. The summed E-state index contributed by atoms with van der Waals surface area (Å²) in [4.78, 5) is 16.0. The van der Waals surface area contributed by atoms with Crippen molar-refractivity contribution >= 4 is 29.0 Å². The summed E-state index contributed by atoms with van der Waals surface area (Å²) in [6, 6.07) is 3.26. The summed E-state index contributed by atoms with van der Waals surface area (Å²) in [6.45, 7) is 0. The molecule has 6 nitrogen and oxygen atoms in total. The molecule has 19 heavy (non-hydrogen) atoms. The standard InChI is InChI=1S/C12H12ClN5O/c13-7-3-4-8(15-5-7)16-12(19)11-9(14)10(17-18-11)6-1-2-6/h3-6H,1-2,14H2,(H,17,18)(H,15,16,19). The molecule has 2 aromatic heterocycles. The fraction of sp³-hybridized carbons (Fsp3) is 0.250. The molecule has 1 aliphatic carbocycles. The van der Waals surface area contributed by atoms with Crippen LogP contribution >= 0.6 is 11.6 Å². The Morgan fingerprint density at radius 3 is 2.89 bits per heavy atom. The van der Waals surface area contributed by atoms with Gasteiger partial charge in [-0.05, 0) is 25.0 Å². The summed E-state index contributed by atoms with van der Waals surface area (Å²) in [5.74, 6) is 0.447. The Kier molecular flexibility index (Phi) is 2.87. The largest absolute Gasteiger partial charge is 0.395 e. The van der Waals surface area contributed by atoms with Crippen LogP contribution < -0.4 is 11.1 Å². The Morgan fingerprint density at radius 1 is 1.47 bits per heavy atom. The summed E-state index contributed by atoms with van der Waals surface area (Å²) >= 11 is 5.72. The molecule has 0 aromatic carbocycles. The maximum absolute atomic E-state index is 12.0. The van der Waals surface area contributed by atoms with Gasteiger partial charge in [-0.2, -0.15) is 5.10 Å². The Bertz CT molecular complexity index is 618. The Hall–Kier alpha value is -2.08. The minimum absolute atomic E-state index is 0.207. The van der Waals surface area contributed by atoms with Crippen molar-refractivity contribution in [3.63, 3.8) is 0 Å². The lowest BCUT2D eigenvalue weighted by atomic mass is 10.2. The second-order valence-electron chi connectivity index (χ2n) is 4.49. The molecule has 98 valence electrons. The second-order valence-corrected chi connectivity index (χ2v) is 4.93. The number of nitrogen functional groups attached to an aromatic ring is 1. The zero-order valence-electron chi connectivity index (χ0n) is 9.98. The number of hydrogen-bond donors (Lipinski definition) is 3. The SMILES string of the molecule is Nc1c(C(=O)Nc2ccc(Cl)cn2)n[nH]c1C1CC1. The van der Waals surface area contributed by atoms with Crippen LogP contribution in [-0.2, 0) is 0 Å². The highest BCUT2D eigenvalue weighted by Crippen LogP contribution is 2.42. The van der Waals surface area contributed by atoms with Crippen LogP contribution in [0, 0.1) is 0 Å². The predicted octanol–water partition coefficient (Wildman–Crippen LogP) is 2.17. The molecule has 0 spiro atoms. The van der Waals surface area contributed by atoms with E-state index in [0.29, 0.717) is 22.4 Å². The van der Waals surface area contributed by atoms with Crippen LogP contribution in [0.15, 0.2) is 18.3 Å². The van der Waals surface area contributed by atoms with E-state index in [1.54, 1.807) is 12.1 Å². The van der Waals surface area contributed by atoms with Crippen molar-refractivity contribution in [3.05, 3.63) is 34.7 Å². The molecule has 0 radical (unpaired) electrons. The molecular formula is C12H12ClN5O. The molecule has 0 aliphatic heterocycles. The quantitative estimate of drug-likeness (QED) is 0.801. The van der Waals surface area contributed by atoms with E-state index in [2.05, 4.69) is 20.5 Å². The van der Waals surface area contributed by atoms with E-state index in [-0.39, 0.29) is 11.6 Å². The van der Waals surface area contributed by atoms with Crippen molar-refractivity contribution in [1.29, 1.82) is 0 Å². The summed E-state index contributed by atoms with van der Waals surface area (Å²) in [5, 5.41) is 9.94. The third-order valence-corrected chi connectivity index (χ3v) is 3.23. The van der Waals surface area contributed by atoms with E-state index in [0.717, 1.165) is 18.5 Å². The number of H-pyrrole nitrogens is 1. The van der Waals surface area contributed by atoms with Gasteiger partial charge in [-0.3, -0.25) is 9.89 Å². The number of nitrogens with one attached hydrogen (secondary N) is 2. The van der Waals surface area contributed by atoms with Gasteiger partial charge in [0, 0.05) is 12.1 Å². The van der Waals surface area contributed by atoms with Gasteiger partial charge < -0.3 is 11.1 Å². The minimum Gasteiger partial charge on any atom is -0.395 e. The van der Waals surface area contributed by atoms with E-state index in [1.165, 1.54) is 6.20 Å². The van der Waals surface area contributed by atoms with Crippen LogP contribution in [0.4, 0.5) is 11.5 Å². The minimum atomic E-state index is -0.379. The number of amides is 1. The number of aromatic nitrogens is 3. The highest BCUT2D eigenvalue weighted by molar-refractivity contribution is 6.30. The highest BCUT2D eigenvalue weighted by atomic mass is 35.5. The number of nitrogens with zero attached hydrogens (tertiary/aromatic N) is 2. The van der Waals surface area contributed by atoms with Gasteiger partial charge in [0.25, 0.3) is 5.91 Å². The first-order valence-electron chi connectivity index (χ1n) is 5.92. The monoisotopic (exact) mass is 277 g/mol. The molecule has 1 aliphatic rings. The molecule has 0 saturated heterocycles. The Morgan fingerprint density at radius 2 is 2.26 bits per heavy atom. The summed E-state index contributed by atoms with van der Waals surface area (Å²) in [5.41, 5.74) is 7.41. The van der Waals surface area contributed by atoms with Crippen molar-refractivity contribution in [1.82, 2.24) is 15.2 Å². The van der Waals surface area contributed by atoms with Gasteiger partial charge in [0.2, 0.25) is 0 Å². The van der Waals surface area contributed by atoms with E-state index in [4.69, 9.17) is 17.3 Å². The lowest BCUT2D eigenvalue weighted by Crippen LogP contribution is -2.15. The first-order valence-corrected chi connectivity index (χ1v) is 6.29. The number of pyridine rings is 1. The maximum Gasteiger partial charge on any atom is 0.279 e. The maximum atomic E-state index is 12.0. The fourth-order valence-corrected chi connectivity index (χ4v) is 1.96. The molecule has 7 heteroatoms. The number of aromatic amines is 1. The van der Waals surface area contributed by atoms with Crippen molar-refractivity contribution in [2.75, 3.05) is 11.1 Å². The van der Waals surface area contributed by atoms with E-state index >= 15 is 0 Å². The smallest absolute Gasteiger partial charge is 0.279 e. The van der Waals surface area contributed by atoms with Crippen molar-refractivity contribution in [3.8, 4) is 0 Å². The number of carbonyl (C=O) groups excluding carboxylic acids is 1. The molecule has 2 aromatic rings. The molecule has 1 saturated carbocycles. The number of anilines is 2. The number of halogens is 1. The lowest BCUT2D eigenvalue weighted by molar-refractivity contribution is 0.102. The third kappa shape index (κ3) is 2.39. The molecule has 4 N–H and O–H groups in total. The number of hydrogen-bond acceptors (Lipinski definition) is 4. The van der Waals surface area contributed by atoms with Gasteiger partial charge in [-0.15, -0.1) is 0 Å². The van der Waals surface area contributed by atoms with E-state index in [9.17, 15) is 4.79 Å². The van der Waals surface area contributed by atoms with Crippen molar-refractivity contribution in [2.45, 2.75) is 18.8 Å². The van der Waals surface area contributed by atoms with Crippen molar-refractivity contribution in [2.24, 2.45) is 0 Å². The zero-order valence-corrected chi connectivity index (χ0v) is 10.7. The average Bonchev–Trinajstić information content (AvgIpc) is 3.15. The van der Waals surface area contributed by atoms with Crippen LogP contribution in [0.3, 0.4) is 0 Å². The number of rotatable bonds is 3. The van der Waals surface area contributed by atoms with Gasteiger partial charge in [-0.1, -0.05) is 11.6 Å². The molecule has 3 rings (SSSR count). The fourth-order valence-electron chi connectivity index (χ4n) is 1.85. The molecule has 2 heterocycles. The van der Waals surface area contributed by atoms with Crippen LogP contribution in [0.1, 0.15) is 34.9 Å². The first kappa shape index (κ1) is 12.0. The number of nitrogens with two attached hydrogens (primary N) is 1. The number of carbonyl (C=O) groups is 1. The third-order valence-electron chi connectivity index (χ3n) is 3.00. The van der Waals surface area contributed by atoms with Gasteiger partial charge in [0.1, 0.15) is 5.82 Å². The molecular weight excluding hydrogens is 266 g/mol. The molecule has 0 atom stereocenters. The normalized spacial score (nSPS) is 14.4. The topological polar surface area (TPSA) is 96.7 Å². The second kappa shape index (κ2) is 4.55. The Labute approximate surface area is 114 Å². The molecule has 1 fully saturated rings. The van der Waals surface area contributed by atoms with Crippen molar-refractivity contribution < 1.29 is 4.79 Å². The van der Waals surface area contributed by atoms with Gasteiger partial charge in [0.15, 0.2) is 5.69 Å². The van der Waals surface area contributed by atoms with Crippen LogP contribution in [-0.4, -0.2) is 21.1 Å². The Balaban J connectivity index is 1.78. The lowest BCUT2D eigenvalue weighted by Gasteiger charge is -2.02. The van der Waals surface area contributed by atoms with Gasteiger partial charge in [-0.25, -0.2) is 4.98 Å². The van der Waals surface area contributed by atoms with Crippen LogP contribution in [0.25, 0.3) is 0 Å². The molecule has 0 bridgehead atoms. The summed E-state index contributed by atoms with van der Waals surface area (Å²) < 4.78 is 0. The molecule has 1 amide bonds.